The van der Waals surface area contributed by atoms with Crippen LogP contribution in [0.25, 0.3) is 0 Å². The van der Waals surface area contributed by atoms with Crippen LogP contribution in [0.5, 0.6) is 0 Å². The van der Waals surface area contributed by atoms with Crippen molar-refractivity contribution < 1.29 is 19.2 Å². The fourth-order valence-corrected chi connectivity index (χ4v) is 3.99. The summed E-state index contributed by atoms with van der Waals surface area (Å²) < 4.78 is 11.2. The van der Waals surface area contributed by atoms with E-state index in [1.54, 1.807) is 0 Å². The molecule has 1 aromatic rings. The lowest BCUT2D eigenvalue weighted by atomic mass is 9.89. The number of carbonyl (C=O) groups is 1. The normalized spacial score (nSPS) is 41.0. The number of aromatic nitrogens is 2. The van der Waals surface area contributed by atoms with Crippen LogP contribution in [-0.2, 0) is 9.53 Å². The molecule has 6 heteroatoms. The number of ether oxygens (including phenoxy) is 1. The van der Waals surface area contributed by atoms with E-state index < -0.39 is 11.9 Å². The van der Waals surface area contributed by atoms with E-state index in [1.807, 2.05) is 13.8 Å². The number of nitrogens with zero attached hydrogens (tertiary/aromatic N) is 2. The zero-order valence-electron chi connectivity index (χ0n) is 11.6. The van der Waals surface area contributed by atoms with Gasteiger partial charge in [0.15, 0.2) is 5.82 Å². The van der Waals surface area contributed by atoms with Crippen molar-refractivity contribution >= 4 is 5.97 Å². The molecule has 0 aromatic carbocycles. The van der Waals surface area contributed by atoms with Crippen LogP contribution in [0.1, 0.15) is 56.7 Å². The average Bonchev–Trinajstić information content (AvgIpc) is 2.92. The lowest BCUT2D eigenvalue weighted by molar-refractivity contribution is -0.139. The van der Waals surface area contributed by atoms with E-state index >= 15 is 0 Å². The maximum Gasteiger partial charge on any atom is 0.307 e. The lowest BCUT2D eigenvalue weighted by Gasteiger charge is -2.13. The first kappa shape index (κ1) is 12.3. The fraction of sp³-hybridized carbons (Fsp3) is 0.786. The van der Waals surface area contributed by atoms with Crippen molar-refractivity contribution in [3.8, 4) is 0 Å². The minimum atomic E-state index is -0.789. The topological polar surface area (TPSA) is 85.5 Å². The third-order valence-corrected chi connectivity index (χ3v) is 5.25. The predicted molar refractivity (Wildman–Crippen MR) is 67.2 cm³/mol. The molecule has 0 spiro atoms. The van der Waals surface area contributed by atoms with E-state index in [1.165, 1.54) is 0 Å². The number of hydrogen-bond acceptors (Lipinski definition) is 5. The van der Waals surface area contributed by atoms with Gasteiger partial charge in [0.25, 0.3) is 0 Å². The largest absolute Gasteiger partial charge is 0.481 e. The van der Waals surface area contributed by atoms with Crippen molar-refractivity contribution in [2.45, 2.75) is 57.2 Å². The standard InChI is InChI=1S/C14H18N2O4/c1-14(2)9(10(14)13(17)18)12-15-11(16-20-12)7-5-6-3-4-8(7)19-6/h6-10H,3-5H2,1-2H3,(H,17,18). The molecule has 3 fully saturated rings. The first-order valence-corrected chi connectivity index (χ1v) is 7.20. The number of aliphatic carboxylic acids is 1. The second-order valence-electron chi connectivity index (χ2n) is 6.82. The van der Waals surface area contributed by atoms with Crippen LogP contribution in [0.4, 0.5) is 0 Å². The highest BCUT2D eigenvalue weighted by atomic mass is 16.5. The van der Waals surface area contributed by atoms with Crippen molar-refractivity contribution in [1.82, 2.24) is 10.1 Å². The van der Waals surface area contributed by atoms with Gasteiger partial charge in [0.2, 0.25) is 5.89 Å². The molecule has 3 heterocycles. The molecular weight excluding hydrogens is 260 g/mol. The Balaban J connectivity index is 1.56. The molecule has 5 unspecified atom stereocenters. The zero-order valence-corrected chi connectivity index (χ0v) is 11.6. The van der Waals surface area contributed by atoms with Gasteiger partial charge in [-0.3, -0.25) is 4.79 Å². The summed E-state index contributed by atoms with van der Waals surface area (Å²) in [6.45, 7) is 3.86. The third-order valence-electron chi connectivity index (χ3n) is 5.25. The van der Waals surface area contributed by atoms with Gasteiger partial charge < -0.3 is 14.4 Å². The van der Waals surface area contributed by atoms with Crippen LogP contribution >= 0.6 is 0 Å². The van der Waals surface area contributed by atoms with Gasteiger partial charge in [0, 0.05) is 0 Å². The van der Waals surface area contributed by atoms with Gasteiger partial charge in [0.1, 0.15) is 0 Å². The van der Waals surface area contributed by atoms with Crippen LogP contribution < -0.4 is 0 Å². The maximum absolute atomic E-state index is 11.2. The van der Waals surface area contributed by atoms with Crippen molar-refractivity contribution in [3.63, 3.8) is 0 Å². The van der Waals surface area contributed by atoms with Gasteiger partial charge in [-0.1, -0.05) is 19.0 Å². The Morgan fingerprint density at radius 2 is 2.20 bits per heavy atom. The van der Waals surface area contributed by atoms with Crippen LogP contribution in [0.15, 0.2) is 4.52 Å². The second kappa shape index (κ2) is 3.81. The first-order valence-electron chi connectivity index (χ1n) is 7.20. The monoisotopic (exact) mass is 278 g/mol. The van der Waals surface area contributed by atoms with Crippen LogP contribution in [0.2, 0.25) is 0 Å². The van der Waals surface area contributed by atoms with Crippen molar-refractivity contribution in [1.29, 1.82) is 0 Å². The lowest BCUT2D eigenvalue weighted by Crippen LogP contribution is -2.15. The number of hydrogen-bond donors (Lipinski definition) is 1. The number of carboxylic acid groups (broad SMARTS) is 1. The molecule has 5 atom stereocenters. The molecule has 1 N–H and O–H groups in total. The minimum Gasteiger partial charge on any atom is -0.481 e. The van der Waals surface area contributed by atoms with Gasteiger partial charge in [-0.15, -0.1) is 0 Å². The van der Waals surface area contributed by atoms with E-state index in [0.29, 0.717) is 17.8 Å². The zero-order chi connectivity index (χ0) is 14.1. The summed E-state index contributed by atoms with van der Waals surface area (Å²) in [4.78, 5) is 15.7. The number of carboxylic acids is 1. The Bertz CT molecular complexity index is 567. The van der Waals surface area contributed by atoms with E-state index in [0.717, 1.165) is 19.3 Å². The summed E-state index contributed by atoms with van der Waals surface area (Å²) >= 11 is 0. The SMILES string of the molecule is CC1(C)C(C(=O)O)C1c1nc(C2CC3CCC2O3)no1. The van der Waals surface area contributed by atoms with E-state index in [4.69, 9.17) is 9.26 Å². The molecule has 6 nitrogen and oxygen atoms in total. The van der Waals surface area contributed by atoms with Crippen LogP contribution in [-0.4, -0.2) is 33.4 Å². The first-order chi connectivity index (χ1) is 9.48. The number of rotatable bonds is 3. The minimum absolute atomic E-state index is 0.166. The van der Waals surface area contributed by atoms with E-state index in [2.05, 4.69) is 10.1 Å². The van der Waals surface area contributed by atoms with Gasteiger partial charge >= 0.3 is 5.97 Å². The predicted octanol–water partition coefficient (Wildman–Crippen LogP) is 1.93. The molecule has 1 aliphatic carbocycles. The molecule has 2 aliphatic heterocycles. The van der Waals surface area contributed by atoms with E-state index in [9.17, 15) is 9.90 Å². The quantitative estimate of drug-likeness (QED) is 0.909. The highest BCUT2D eigenvalue weighted by molar-refractivity contribution is 5.77. The van der Waals surface area contributed by atoms with Crippen molar-refractivity contribution in [3.05, 3.63) is 11.7 Å². The van der Waals surface area contributed by atoms with Gasteiger partial charge in [-0.05, 0) is 24.7 Å². The summed E-state index contributed by atoms with van der Waals surface area (Å²) in [7, 11) is 0. The summed E-state index contributed by atoms with van der Waals surface area (Å²) in [6, 6.07) is 0. The van der Waals surface area contributed by atoms with E-state index in [-0.39, 0.29) is 23.4 Å². The molecule has 0 amide bonds. The van der Waals surface area contributed by atoms with Crippen molar-refractivity contribution in [2.24, 2.45) is 11.3 Å². The molecule has 4 rings (SSSR count). The Hall–Kier alpha value is -1.43. The number of fused-ring (bicyclic) bond motifs is 2. The highest BCUT2D eigenvalue weighted by Crippen LogP contribution is 2.64. The Morgan fingerprint density at radius 1 is 1.40 bits per heavy atom. The van der Waals surface area contributed by atoms with Crippen LogP contribution in [0.3, 0.4) is 0 Å². The Kier molecular flexibility index (Phi) is 2.35. The summed E-state index contributed by atoms with van der Waals surface area (Å²) in [5, 5.41) is 13.3. The van der Waals surface area contributed by atoms with Crippen LogP contribution in [0, 0.1) is 11.3 Å². The molecule has 1 aromatic heterocycles. The fourth-order valence-electron chi connectivity index (χ4n) is 3.99. The Labute approximate surface area is 116 Å². The molecule has 1 saturated carbocycles. The molecule has 0 radical (unpaired) electrons. The highest BCUT2D eigenvalue weighted by Gasteiger charge is 2.65. The van der Waals surface area contributed by atoms with Crippen molar-refractivity contribution in [2.75, 3.05) is 0 Å². The molecule has 20 heavy (non-hydrogen) atoms. The summed E-state index contributed by atoms with van der Waals surface area (Å²) in [5.74, 6) is 0.00597. The molecule has 2 saturated heterocycles. The Morgan fingerprint density at radius 3 is 2.75 bits per heavy atom. The van der Waals surface area contributed by atoms with Gasteiger partial charge in [-0.25, -0.2) is 0 Å². The smallest absolute Gasteiger partial charge is 0.307 e. The molecule has 108 valence electrons. The maximum atomic E-state index is 11.2. The summed E-state index contributed by atoms with van der Waals surface area (Å²) in [6.07, 6.45) is 3.71. The second-order valence-corrected chi connectivity index (χ2v) is 6.82. The molecular formula is C14H18N2O4. The molecule has 3 aliphatic rings. The molecule has 2 bridgehead atoms. The summed E-state index contributed by atoms with van der Waals surface area (Å²) in [5.41, 5.74) is -0.305. The third kappa shape index (κ3) is 1.57. The van der Waals surface area contributed by atoms with Gasteiger partial charge in [-0.2, -0.15) is 4.98 Å². The average molecular weight is 278 g/mol. The van der Waals surface area contributed by atoms with Gasteiger partial charge in [0.05, 0.1) is 30.0 Å².